The topological polar surface area (TPSA) is 54.9 Å². The van der Waals surface area contributed by atoms with Gasteiger partial charge in [0.1, 0.15) is 12.4 Å². The van der Waals surface area contributed by atoms with Gasteiger partial charge >= 0.3 is 0 Å². The fourth-order valence-electron chi connectivity index (χ4n) is 2.65. The molecule has 26 heavy (non-hydrogen) atoms. The summed E-state index contributed by atoms with van der Waals surface area (Å²) >= 11 is 5.29. The van der Waals surface area contributed by atoms with Crippen molar-refractivity contribution in [1.29, 1.82) is 0 Å². The zero-order valence-corrected chi connectivity index (χ0v) is 16.0. The summed E-state index contributed by atoms with van der Waals surface area (Å²) < 4.78 is 8.35. The molecule has 1 aromatic heterocycles. The van der Waals surface area contributed by atoms with Crippen molar-refractivity contribution in [3.63, 3.8) is 0 Å². The maximum absolute atomic E-state index is 5.92. The smallest absolute Gasteiger partial charge is 0.214 e. The summed E-state index contributed by atoms with van der Waals surface area (Å²) in [6.45, 7) is 5.41. The van der Waals surface area contributed by atoms with E-state index in [1.54, 1.807) is 0 Å². The molecule has 0 aliphatic heterocycles. The quantitative estimate of drug-likeness (QED) is 0.574. The van der Waals surface area contributed by atoms with E-state index < -0.39 is 0 Å². The first kappa shape index (κ1) is 18.2. The molecule has 2 N–H and O–H groups in total. The molecule has 5 nitrogen and oxygen atoms in total. The van der Waals surface area contributed by atoms with Crippen LogP contribution in [-0.4, -0.2) is 14.9 Å². The predicted octanol–water partition coefficient (Wildman–Crippen LogP) is 4.52. The largest absolute Gasteiger partial charge is 0.489 e. The molecule has 0 aliphatic rings. The first-order chi connectivity index (χ1) is 12.7. The molecule has 0 spiro atoms. The van der Waals surface area contributed by atoms with E-state index in [2.05, 4.69) is 59.8 Å². The van der Waals surface area contributed by atoms with Crippen molar-refractivity contribution >= 4 is 12.2 Å². The Hall–Kier alpha value is -2.60. The minimum absolute atomic E-state index is 0.560. The van der Waals surface area contributed by atoms with Crippen molar-refractivity contribution < 1.29 is 4.74 Å². The molecular formula is C20H24N4OS. The third-order valence-corrected chi connectivity index (χ3v) is 4.36. The highest BCUT2D eigenvalue weighted by atomic mass is 32.1. The molecule has 0 saturated heterocycles. The summed E-state index contributed by atoms with van der Waals surface area (Å²) in [6, 6.07) is 16.5. The van der Waals surface area contributed by atoms with Crippen molar-refractivity contribution in [3.05, 3.63) is 75.8 Å². The molecular weight excluding hydrogens is 344 g/mol. The Labute approximate surface area is 159 Å². The van der Waals surface area contributed by atoms with E-state index in [0.29, 0.717) is 17.9 Å². The molecule has 1 heterocycles. The lowest BCUT2D eigenvalue weighted by Gasteiger charge is -2.11. The van der Waals surface area contributed by atoms with Gasteiger partial charge in [0, 0.05) is 6.42 Å². The van der Waals surface area contributed by atoms with Crippen molar-refractivity contribution in [3.8, 4) is 5.75 Å². The molecule has 0 unspecified atom stereocenters. The summed E-state index contributed by atoms with van der Waals surface area (Å²) in [5.41, 5.74) is 6.87. The van der Waals surface area contributed by atoms with E-state index in [9.17, 15) is 0 Å². The van der Waals surface area contributed by atoms with Gasteiger partial charge in [-0.2, -0.15) is 5.10 Å². The van der Waals surface area contributed by atoms with Crippen LogP contribution >= 0.6 is 12.2 Å². The highest BCUT2D eigenvalue weighted by molar-refractivity contribution is 7.71. The summed E-state index contributed by atoms with van der Waals surface area (Å²) in [5, 5.41) is 7.10. The van der Waals surface area contributed by atoms with Crippen LogP contribution in [0.5, 0.6) is 5.75 Å². The Morgan fingerprint density at radius 1 is 1.15 bits per heavy atom. The molecule has 0 bridgehead atoms. The average molecular weight is 369 g/mol. The van der Waals surface area contributed by atoms with Crippen LogP contribution in [0, 0.1) is 11.7 Å². The Morgan fingerprint density at radius 2 is 1.96 bits per heavy atom. The number of aromatic nitrogens is 3. The summed E-state index contributed by atoms with van der Waals surface area (Å²) in [5.74, 6) is 1.78. The van der Waals surface area contributed by atoms with Gasteiger partial charge in [0.25, 0.3) is 0 Å². The van der Waals surface area contributed by atoms with Gasteiger partial charge < -0.3 is 10.2 Å². The number of ether oxygens (including phenoxy) is 1. The second-order valence-electron chi connectivity index (χ2n) is 6.29. The minimum Gasteiger partial charge on any atom is -0.489 e. The van der Waals surface area contributed by atoms with Crippen LogP contribution in [0.3, 0.4) is 0 Å². The second kappa shape index (κ2) is 8.67. The average Bonchev–Trinajstić information content (AvgIpc) is 3.00. The molecule has 3 rings (SSSR count). The number of nitrogens with one attached hydrogen (secondary N) is 2. The van der Waals surface area contributed by atoms with Crippen LogP contribution in [0.4, 0.5) is 0 Å². The van der Waals surface area contributed by atoms with Crippen molar-refractivity contribution in [2.24, 2.45) is 0 Å². The fraction of sp³-hybridized carbons (Fsp3) is 0.300. The van der Waals surface area contributed by atoms with Gasteiger partial charge in [-0.05, 0) is 48.8 Å². The molecule has 0 saturated carbocycles. The third kappa shape index (κ3) is 4.73. The molecule has 2 aromatic carbocycles. The zero-order chi connectivity index (χ0) is 18.4. The van der Waals surface area contributed by atoms with Crippen LogP contribution < -0.4 is 10.2 Å². The van der Waals surface area contributed by atoms with Crippen LogP contribution in [0.1, 0.15) is 35.9 Å². The lowest BCUT2D eigenvalue weighted by molar-refractivity contribution is 0.306. The van der Waals surface area contributed by atoms with Gasteiger partial charge in [-0.3, -0.25) is 5.10 Å². The highest BCUT2D eigenvalue weighted by Crippen LogP contribution is 2.16. The van der Waals surface area contributed by atoms with Gasteiger partial charge in [0.2, 0.25) is 4.77 Å². The van der Waals surface area contributed by atoms with E-state index in [1.165, 1.54) is 5.56 Å². The number of rotatable bonds is 8. The Bertz CT molecular complexity index is 899. The van der Waals surface area contributed by atoms with E-state index in [4.69, 9.17) is 17.0 Å². The van der Waals surface area contributed by atoms with Crippen LogP contribution in [-0.2, 0) is 19.6 Å². The first-order valence-electron chi connectivity index (χ1n) is 8.83. The van der Waals surface area contributed by atoms with Crippen molar-refractivity contribution in [2.45, 2.75) is 39.8 Å². The highest BCUT2D eigenvalue weighted by Gasteiger charge is 2.05. The Kier molecular flexibility index (Phi) is 6.07. The lowest BCUT2D eigenvalue weighted by Crippen LogP contribution is -2.17. The van der Waals surface area contributed by atoms with Gasteiger partial charge in [-0.1, -0.05) is 48.9 Å². The SMILES string of the molecule is CCCc1n[nH]c(=S)n1NCc1cccc(OCc2ccc(C)cc2)c1. The molecule has 0 atom stereocenters. The monoisotopic (exact) mass is 368 g/mol. The Balaban J connectivity index is 1.61. The summed E-state index contributed by atoms with van der Waals surface area (Å²) in [7, 11) is 0. The van der Waals surface area contributed by atoms with Crippen LogP contribution in [0.15, 0.2) is 48.5 Å². The number of aryl methyl sites for hydroxylation is 2. The minimum atomic E-state index is 0.560. The van der Waals surface area contributed by atoms with Gasteiger partial charge in [-0.15, -0.1) is 0 Å². The predicted molar refractivity (Wildman–Crippen MR) is 106 cm³/mol. The first-order valence-corrected chi connectivity index (χ1v) is 9.24. The molecule has 6 heteroatoms. The maximum Gasteiger partial charge on any atom is 0.214 e. The van der Waals surface area contributed by atoms with Crippen LogP contribution in [0.2, 0.25) is 0 Å². The number of aromatic amines is 1. The normalized spacial score (nSPS) is 10.7. The molecule has 0 aliphatic carbocycles. The van der Waals surface area contributed by atoms with Crippen molar-refractivity contribution in [2.75, 3.05) is 5.43 Å². The van der Waals surface area contributed by atoms with E-state index >= 15 is 0 Å². The summed E-state index contributed by atoms with van der Waals surface area (Å²) in [4.78, 5) is 0. The number of nitrogens with zero attached hydrogens (tertiary/aromatic N) is 2. The summed E-state index contributed by atoms with van der Waals surface area (Å²) in [6.07, 6.45) is 1.89. The van der Waals surface area contributed by atoms with Gasteiger partial charge in [0.05, 0.1) is 6.54 Å². The number of hydrogen-bond acceptors (Lipinski definition) is 4. The van der Waals surface area contributed by atoms with E-state index in [1.807, 2.05) is 22.9 Å². The number of benzene rings is 2. The number of hydrogen-bond donors (Lipinski definition) is 2. The lowest BCUT2D eigenvalue weighted by atomic mass is 10.2. The molecule has 3 aromatic rings. The molecule has 0 fully saturated rings. The van der Waals surface area contributed by atoms with Crippen molar-refractivity contribution in [1.82, 2.24) is 14.9 Å². The standard InChI is InChI=1S/C20H24N4OS/c1-3-5-19-22-23-20(26)24(19)21-13-17-6-4-7-18(12-17)25-14-16-10-8-15(2)9-11-16/h4,6-12,21H,3,5,13-14H2,1-2H3,(H,23,26). The van der Waals surface area contributed by atoms with E-state index in [0.717, 1.165) is 35.5 Å². The fourth-order valence-corrected chi connectivity index (χ4v) is 2.87. The second-order valence-corrected chi connectivity index (χ2v) is 6.67. The molecule has 136 valence electrons. The third-order valence-electron chi connectivity index (χ3n) is 4.08. The molecule has 0 radical (unpaired) electrons. The maximum atomic E-state index is 5.92. The Morgan fingerprint density at radius 3 is 2.73 bits per heavy atom. The van der Waals surface area contributed by atoms with E-state index in [-0.39, 0.29) is 0 Å². The number of H-pyrrole nitrogens is 1. The molecule has 0 amide bonds. The zero-order valence-electron chi connectivity index (χ0n) is 15.2. The van der Waals surface area contributed by atoms with Crippen LogP contribution in [0.25, 0.3) is 0 Å². The van der Waals surface area contributed by atoms with Gasteiger partial charge in [0.15, 0.2) is 5.82 Å². The van der Waals surface area contributed by atoms with Gasteiger partial charge in [-0.25, -0.2) is 4.68 Å².